The minimum Gasteiger partial charge on any atom is -0.460 e. The van der Waals surface area contributed by atoms with Crippen molar-refractivity contribution < 1.29 is 12.8 Å². The van der Waals surface area contributed by atoms with Crippen molar-refractivity contribution in [1.82, 2.24) is 4.83 Å². The molecule has 19 heavy (non-hydrogen) atoms. The van der Waals surface area contributed by atoms with Crippen LogP contribution in [0.2, 0.25) is 0 Å². The quantitative estimate of drug-likeness (QED) is 0.689. The first kappa shape index (κ1) is 13.4. The Morgan fingerprint density at radius 2 is 1.84 bits per heavy atom. The summed E-state index contributed by atoms with van der Waals surface area (Å²) in [5, 5.41) is 3.84. The minimum absolute atomic E-state index is 0.169. The summed E-state index contributed by atoms with van der Waals surface area (Å²) in [6, 6.07) is 11.6. The molecule has 0 saturated carbocycles. The van der Waals surface area contributed by atoms with Gasteiger partial charge >= 0.3 is 0 Å². The Labute approximate surface area is 112 Å². The van der Waals surface area contributed by atoms with Crippen LogP contribution in [-0.2, 0) is 10.0 Å². The molecule has 0 amide bonds. The maximum atomic E-state index is 11.9. The Bertz CT molecular complexity index is 688. The first-order valence-corrected chi connectivity index (χ1v) is 7.15. The molecule has 0 atom stereocenters. The number of hydrogen-bond acceptors (Lipinski definition) is 4. The fourth-order valence-electron chi connectivity index (χ4n) is 1.46. The molecule has 2 rings (SSSR count). The molecule has 6 heteroatoms. The van der Waals surface area contributed by atoms with E-state index in [-0.39, 0.29) is 4.90 Å². The lowest BCUT2D eigenvalue weighted by Gasteiger charge is -2.03. The van der Waals surface area contributed by atoms with E-state index in [2.05, 4.69) is 9.93 Å². The molecule has 5 nitrogen and oxygen atoms in total. The van der Waals surface area contributed by atoms with Gasteiger partial charge in [-0.15, -0.1) is 0 Å². The number of furan rings is 1. The van der Waals surface area contributed by atoms with Gasteiger partial charge < -0.3 is 4.42 Å². The van der Waals surface area contributed by atoms with E-state index in [1.165, 1.54) is 12.1 Å². The van der Waals surface area contributed by atoms with Gasteiger partial charge in [-0.2, -0.15) is 18.4 Å². The smallest absolute Gasteiger partial charge is 0.276 e. The van der Waals surface area contributed by atoms with Crippen LogP contribution in [0, 0.1) is 6.92 Å². The van der Waals surface area contributed by atoms with Gasteiger partial charge in [0, 0.05) is 0 Å². The number of nitrogens with one attached hydrogen (secondary N) is 1. The third-order valence-electron chi connectivity index (χ3n) is 2.48. The molecule has 0 aliphatic carbocycles. The molecule has 0 spiro atoms. The predicted octanol–water partition coefficient (Wildman–Crippen LogP) is 2.29. The highest BCUT2D eigenvalue weighted by molar-refractivity contribution is 7.89. The van der Waals surface area contributed by atoms with Crippen molar-refractivity contribution in [3.63, 3.8) is 0 Å². The van der Waals surface area contributed by atoms with Crippen LogP contribution in [0.5, 0.6) is 0 Å². The van der Waals surface area contributed by atoms with E-state index in [9.17, 15) is 8.42 Å². The highest BCUT2D eigenvalue weighted by Crippen LogP contribution is 2.09. The first-order valence-electron chi connectivity index (χ1n) is 5.67. The molecule has 0 aliphatic heterocycles. The van der Waals surface area contributed by atoms with E-state index in [4.69, 9.17) is 4.42 Å². The Kier molecular flexibility index (Phi) is 3.71. The third-order valence-corrected chi connectivity index (χ3v) is 3.71. The molecule has 0 aliphatic rings. The molecule has 0 bridgehead atoms. The fourth-order valence-corrected chi connectivity index (χ4v) is 2.34. The van der Waals surface area contributed by atoms with E-state index in [1.807, 2.05) is 6.92 Å². The summed E-state index contributed by atoms with van der Waals surface area (Å²) >= 11 is 0. The Balaban J connectivity index is 2.18. The molecule has 1 N–H and O–H groups in total. The molecular weight excluding hydrogens is 264 g/mol. The zero-order valence-corrected chi connectivity index (χ0v) is 11.4. The van der Waals surface area contributed by atoms with Crippen molar-refractivity contribution in [1.29, 1.82) is 0 Å². The van der Waals surface area contributed by atoms with Gasteiger partial charge in [0.2, 0.25) is 0 Å². The highest BCUT2D eigenvalue weighted by atomic mass is 32.2. The van der Waals surface area contributed by atoms with Gasteiger partial charge in [0.05, 0.1) is 4.90 Å². The zero-order chi connectivity index (χ0) is 13.9. The maximum Gasteiger partial charge on any atom is 0.276 e. The second-order valence-electron chi connectivity index (χ2n) is 4.02. The van der Waals surface area contributed by atoms with Gasteiger partial charge in [-0.25, -0.2) is 0 Å². The van der Waals surface area contributed by atoms with Gasteiger partial charge in [0.25, 0.3) is 10.0 Å². The van der Waals surface area contributed by atoms with Crippen molar-refractivity contribution >= 4 is 15.7 Å². The van der Waals surface area contributed by atoms with Crippen LogP contribution in [-0.4, -0.2) is 14.1 Å². The molecule has 1 aromatic heterocycles. The summed E-state index contributed by atoms with van der Waals surface area (Å²) < 4.78 is 29.2. The number of rotatable bonds is 4. The molecule has 1 heterocycles. The Morgan fingerprint density at radius 3 is 2.42 bits per heavy atom. The predicted molar refractivity (Wildman–Crippen MR) is 72.4 cm³/mol. The van der Waals surface area contributed by atoms with Crippen molar-refractivity contribution in [2.24, 2.45) is 5.10 Å². The minimum atomic E-state index is -3.64. The second kappa shape index (κ2) is 5.27. The van der Waals surface area contributed by atoms with E-state index < -0.39 is 10.0 Å². The highest BCUT2D eigenvalue weighted by Gasteiger charge is 2.12. The standard InChI is InChI=1S/C13H14N2O3S/c1-10-8-9-13(18-10)11(2)14-15-19(16,17)12-6-4-3-5-7-12/h3-9,15H,1-2H3/b14-11-. The van der Waals surface area contributed by atoms with Crippen LogP contribution >= 0.6 is 0 Å². The average molecular weight is 278 g/mol. The van der Waals surface area contributed by atoms with Gasteiger partial charge in [-0.1, -0.05) is 18.2 Å². The van der Waals surface area contributed by atoms with E-state index >= 15 is 0 Å². The second-order valence-corrected chi connectivity index (χ2v) is 5.68. The molecule has 2 aromatic rings. The number of hydrazone groups is 1. The van der Waals surface area contributed by atoms with Gasteiger partial charge in [0.1, 0.15) is 17.2 Å². The van der Waals surface area contributed by atoms with Crippen LogP contribution in [0.15, 0.2) is 56.9 Å². The largest absolute Gasteiger partial charge is 0.460 e. The Hall–Kier alpha value is -2.08. The topological polar surface area (TPSA) is 71.7 Å². The lowest BCUT2D eigenvalue weighted by Crippen LogP contribution is -2.19. The number of sulfonamides is 1. The van der Waals surface area contributed by atoms with Crippen LogP contribution < -0.4 is 4.83 Å². The zero-order valence-electron chi connectivity index (χ0n) is 10.6. The van der Waals surface area contributed by atoms with Crippen molar-refractivity contribution in [3.05, 3.63) is 54.0 Å². The summed E-state index contributed by atoms with van der Waals surface area (Å²) in [6.07, 6.45) is 0. The van der Waals surface area contributed by atoms with Gasteiger partial charge in [0.15, 0.2) is 0 Å². The maximum absolute atomic E-state index is 11.9. The summed E-state index contributed by atoms with van der Waals surface area (Å²) in [5.41, 5.74) is 0.465. The van der Waals surface area contributed by atoms with Crippen molar-refractivity contribution in [2.75, 3.05) is 0 Å². The van der Waals surface area contributed by atoms with Gasteiger partial charge in [-0.3, -0.25) is 0 Å². The van der Waals surface area contributed by atoms with Crippen molar-refractivity contribution in [3.8, 4) is 0 Å². The number of aryl methyl sites for hydroxylation is 1. The summed E-state index contributed by atoms with van der Waals surface area (Å²) in [5.74, 6) is 1.28. The summed E-state index contributed by atoms with van der Waals surface area (Å²) in [4.78, 5) is 2.35. The fraction of sp³-hybridized carbons (Fsp3) is 0.154. The van der Waals surface area contributed by atoms with Crippen LogP contribution in [0.25, 0.3) is 0 Å². The average Bonchev–Trinajstić information content (AvgIpc) is 2.84. The molecular formula is C13H14N2O3S. The van der Waals surface area contributed by atoms with Gasteiger partial charge in [-0.05, 0) is 38.1 Å². The lowest BCUT2D eigenvalue weighted by atomic mass is 10.3. The number of hydrogen-bond donors (Lipinski definition) is 1. The normalized spacial score (nSPS) is 12.4. The molecule has 0 saturated heterocycles. The molecule has 0 fully saturated rings. The Morgan fingerprint density at radius 1 is 1.16 bits per heavy atom. The van der Waals surface area contributed by atoms with E-state index in [0.717, 1.165) is 5.76 Å². The van der Waals surface area contributed by atoms with Crippen LogP contribution in [0.1, 0.15) is 18.4 Å². The first-order chi connectivity index (χ1) is 8.99. The summed E-state index contributed by atoms with van der Waals surface area (Å²) in [7, 11) is -3.64. The molecule has 1 aromatic carbocycles. The lowest BCUT2D eigenvalue weighted by molar-refractivity contribution is 0.524. The molecule has 0 radical (unpaired) electrons. The van der Waals surface area contributed by atoms with Crippen LogP contribution in [0.3, 0.4) is 0 Å². The molecule has 100 valence electrons. The number of nitrogens with zero attached hydrogens (tertiary/aromatic N) is 1. The molecule has 0 unspecified atom stereocenters. The SMILES string of the molecule is C/C(=N/NS(=O)(=O)c1ccccc1)c1ccc(C)o1. The monoisotopic (exact) mass is 278 g/mol. The van der Waals surface area contributed by atoms with E-state index in [0.29, 0.717) is 11.5 Å². The van der Waals surface area contributed by atoms with Crippen LogP contribution in [0.4, 0.5) is 0 Å². The summed E-state index contributed by atoms with van der Waals surface area (Å²) in [6.45, 7) is 3.48. The van der Waals surface area contributed by atoms with E-state index in [1.54, 1.807) is 37.3 Å². The number of benzene rings is 1. The third kappa shape index (κ3) is 3.23. The van der Waals surface area contributed by atoms with Crippen molar-refractivity contribution in [2.45, 2.75) is 18.7 Å².